The van der Waals surface area contributed by atoms with Gasteiger partial charge >= 0.3 is 0 Å². The van der Waals surface area contributed by atoms with Crippen LogP contribution in [0.15, 0.2) is 48.5 Å². The van der Waals surface area contributed by atoms with Crippen LogP contribution in [0.4, 0.5) is 10.1 Å². The van der Waals surface area contributed by atoms with E-state index in [4.69, 9.17) is 21.1 Å². The molecule has 0 aliphatic carbocycles. The summed E-state index contributed by atoms with van der Waals surface area (Å²) in [5.41, 5.74) is 1.71. The molecule has 0 saturated carbocycles. The molecule has 25 heavy (non-hydrogen) atoms. The van der Waals surface area contributed by atoms with E-state index in [1.54, 1.807) is 20.1 Å². The second-order valence-electron chi connectivity index (χ2n) is 5.28. The van der Waals surface area contributed by atoms with Crippen molar-refractivity contribution in [2.75, 3.05) is 25.6 Å². The van der Waals surface area contributed by atoms with Crippen LogP contribution < -0.4 is 10.1 Å². The van der Waals surface area contributed by atoms with Gasteiger partial charge < -0.3 is 14.8 Å². The molecule has 0 saturated heterocycles. The highest BCUT2D eigenvalue weighted by Gasteiger charge is 2.10. The first kappa shape index (κ1) is 19.0. The molecule has 2 rings (SSSR count). The Bertz CT molecular complexity index is 777. The van der Waals surface area contributed by atoms with Gasteiger partial charge in [0.15, 0.2) is 0 Å². The van der Waals surface area contributed by atoms with Crippen LogP contribution in [-0.2, 0) is 9.53 Å². The molecular weight excluding hydrogens is 345 g/mol. The largest absolute Gasteiger partial charge is 0.489 e. The maximum absolute atomic E-state index is 13.5. The van der Waals surface area contributed by atoms with Gasteiger partial charge in [0.25, 0.3) is 0 Å². The van der Waals surface area contributed by atoms with Crippen LogP contribution in [0.2, 0.25) is 5.02 Å². The molecule has 2 aromatic carbocycles. The molecule has 0 spiro atoms. The van der Waals surface area contributed by atoms with E-state index in [2.05, 4.69) is 5.32 Å². The van der Waals surface area contributed by atoms with E-state index in [0.717, 1.165) is 5.56 Å². The van der Waals surface area contributed by atoms with Crippen molar-refractivity contribution in [3.05, 3.63) is 64.9 Å². The van der Waals surface area contributed by atoms with E-state index in [-0.39, 0.29) is 5.69 Å². The lowest BCUT2D eigenvalue weighted by Gasteiger charge is -2.12. The molecule has 1 amide bonds. The zero-order valence-electron chi connectivity index (χ0n) is 14.0. The Labute approximate surface area is 151 Å². The first-order chi connectivity index (χ1) is 12.0. The van der Waals surface area contributed by atoms with E-state index in [1.807, 2.05) is 18.2 Å². The lowest BCUT2D eigenvalue weighted by atomic mass is 10.1. The number of rotatable bonds is 7. The summed E-state index contributed by atoms with van der Waals surface area (Å²) in [6.07, 6.45) is 1.41. The van der Waals surface area contributed by atoms with Gasteiger partial charge in [-0.3, -0.25) is 4.79 Å². The van der Waals surface area contributed by atoms with Gasteiger partial charge in [0.1, 0.15) is 18.2 Å². The predicted molar refractivity (Wildman–Crippen MR) is 97.5 cm³/mol. The molecule has 1 N–H and O–H groups in total. The normalized spacial score (nSPS) is 11.3. The first-order valence-electron chi connectivity index (χ1n) is 7.66. The molecule has 0 atom stereocenters. The average Bonchev–Trinajstić information content (AvgIpc) is 2.57. The van der Waals surface area contributed by atoms with Crippen molar-refractivity contribution in [1.82, 2.24) is 0 Å². The summed E-state index contributed by atoms with van der Waals surface area (Å²) in [4.78, 5) is 12.3. The van der Waals surface area contributed by atoms with E-state index in [1.165, 1.54) is 24.3 Å². The highest BCUT2D eigenvalue weighted by atomic mass is 35.5. The third-order valence-electron chi connectivity index (χ3n) is 3.39. The van der Waals surface area contributed by atoms with Crippen LogP contribution in [0, 0.1) is 5.82 Å². The van der Waals surface area contributed by atoms with E-state index >= 15 is 0 Å². The highest BCUT2D eigenvalue weighted by Crippen LogP contribution is 2.26. The quantitative estimate of drug-likeness (QED) is 0.580. The number of carbonyl (C=O) groups is 1. The molecule has 0 unspecified atom stereocenters. The number of anilines is 1. The summed E-state index contributed by atoms with van der Waals surface area (Å²) in [5, 5.41) is 3.19. The van der Waals surface area contributed by atoms with Gasteiger partial charge in [-0.15, -0.1) is 0 Å². The van der Waals surface area contributed by atoms with Crippen LogP contribution in [0.1, 0.15) is 12.5 Å². The van der Waals surface area contributed by atoms with Crippen LogP contribution in [0.25, 0.3) is 5.57 Å². The lowest BCUT2D eigenvalue weighted by molar-refractivity contribution is -0.111. The molecule has 0 bridgehead atoms. The topological polar surface area (TPSA) is 47.6 Å². The standard InChI is InChI=1S/C19H19ClFNO3/c1-13(15-5-3-4-6-16(15)20)11-19(23)22-17-12-14(21)7-8-18(17)25-10-9-24-2/h3-8,11-12H,9-10H2,1-2H3,(H,22,23). The lowest BCUT2D eigenvalue weighted by Crippen LogP contribution is -2.12. The minimum absolute atomic E-state index is 0.254. The van der Waals surface area contributed by atoms with Crippen LogP contribution in [0.3, 0.4) is 0 Å². The Morgan fingerprint density at radius 2 is 2.00 bits per heavy atom. The number of halogens is 2. The second kappa shape index (κ2) is 9.20. The van der Waals surface area contributed by atoms with Crippen molar-refractivity contribution in [3.63, 3.8) is 0 Å². The molecule has 2 aromatic rings. The van der Waals surface area contributed by atoms with Crippen molar-refractivity contribution in [1.29, 1.82) is 0 Å². The summed E-state index contributed by atoms with van der Waals surface area (Å²) in [6.45, 7) is 2.46. The maximum atomic E-state index is 13.5. The minimum atomic E-state index is -0.471. The average molecular weight is 364 g/mol. The summed E-state index contributed by atoms with van der Waals surface area (Å²) in [7, 11) is 1.55. The molecular formula is C19H19ClFNO3. The fourth-order valence-corrected chi connectivity index (χ4v) is 2.47. The molecule has 6 heteroatoms. The molecule has 0 aliphatic rings. The molecule has 4 nitrogen and oxygen atoms in total. The van der Waals surface area contributed by atoms with Crippen LogP contribution >= 0.6 is 11.6 Å². The minimum Gasteiger partial charge on any atom is -0.489 e. The summed E-state index contributed by atoms with van der Waals surface area (Å²) < 4.78 is 23.9. The van der Waals surface area contributed by atoms with E-state index in [0.29, 0.717) is 29.6 Å². The van der Waals surface area contributed by atoms with Crippen molar-refractivity contribution in [3.8, 4) is 5.75 Å². The van der Waals surface area contributed by atoms with Gasteiger partial charge in [-0.05, 0) is 36.3 Å². The van der Waals surface area contributed by atoms with Gasteiger partial charge in [0, 0.05) is 24.3 Å². The number of amides is 1. The number of ether oxygens (including phenoxy) is 2. The SMILES string of the molecule is COCCOc1ccc(F)cc1NC(=O)C=C(C)c1ccccc1Cl. The van der Waals surface area contributed by atoms with Crippen molar-refractivity contribution >= 4 is 28.8 Å². The second-order valence-corrected chi connectivity index (χ2v) is 5.69. The van der Waals surface area contributed by atoms with E-state index in [9.17, 15) is 9.18 Å². The summed E-state index contributed by atoms with van der Waals surface area (Å²) in [5.74, 6) is -0.503. The number of allylic oxidation sites excluding steroid dienone is 1. The van der Waals surface area contributed by atoms with Gasteiger partial charge in [0.05, 0.1) is 12.3 Å². The predicted octanol–water partition coefficient (Wildman–Crippen LogP) is 4.55. The first-order valence-corrected chi connectivity index (χ1v) is 8.04. The molecule has 0 heterocycles. The number of benzene rings is 2. The van der Waals surface area contributed by atoms with Crippen molar-refractivity contribution < 1.29 is 18.7 Å². The number of carbonyl (C=O) groups excluding carboxylic acids is 1. The number of hydrogen-bond acceptors (Lipinski definition) is 3. The van der Waals surface area contributed by atoms with Crippen LogP contribution in [-0.4, -0.2) is 26.2 Å². The molecule has 0 aliphatic heterocycles. The zero-order valence-corrected chi connectivity index (χ0v) is 14.8. The Morgan fingerprint density at radius 1 is 1.24 bits per heavy atom. The Hall–Kier alpha value is -2.37. The van der Waals surface area contributed by atoms with E-state index < -0.39 is 11.7 Å². The van der Waals surface area contributed by atoms with Crippen molar-refractivity contribution in [2.45, 2.75) is 6.92 Å². The molecule has 0 aromatic heterocycles. The molecule has 0 fully saturated rings. The fraction of sp³-hybridized carbons (Fsp3) is 0.211. The highest BCUT2D eigenvalue weighted by molar-refractivity contribution is 6.32. The van der Waals surface area contributed by atoms with Gasteiger partial charge in [-0.2, -0.15) is 0 Å². The number of methoxy groups -OCH3 is 1. The Balaban J connectivity index is 2.15. The maximum Gasteiger partial charge on any atom is 0.248 e. The Kier molecular flexibility index (Phi) is 6.98. The van der Waals surface area contributed by atoms with Gasteiger partial charge in [-0.1, -0.05) is 29.8 Å². The summed E-state index contributed by atoms with van der Waals surface area (Å²) in [6, 6.07) is 11.2. The van der Waals surface area contributed by atoms with Gasteiger partial charge in [-0.25, -0.2) is 4.39 Å². The molecule has 0 radical (unpaired) electrons. The third-order valence-corrected chi connectivity index (χ3v) is 3.72. The zero-order chi connectivity index (χ0) is 18.2. The molecule has 132 valence electrons. The number of hydrogen-bond donors (Lipinski definition) is 1. The van der Waals surface area contributed by atoms with Crippen molar-refractivity contribution in [2.24, 2.45) is 0 Å². The fourth-order valence-electron chi connectivity index (χ4n) is 2.18. The van der Waals surface area contributed by atoms with Gasteiger partial charge in [0.2, 0.25) is 5.91 Å². The Morgan fingerprint density at radius 3 is 2.72 bits per heavy atom. The van der Waals surface area contributed by atoms with Crippen LogP contribution in [0.5, 0.6) is 5.75 Å². The summed E-state index contributed by atoms with van der Waals surface area (Å²) >= 11 is 6.13. The number of nitrogens with one attached hydrogen (secondary N) is 1. The monoisotopic (exact) mass is 363 g/mol. The third kappa shape index (κ3) is 5.59. The smallest absolute Gasteiger partial charge is 0.248 e.